The van der Waals surface area contributed by atoms with Crippen LogP contribution in [0.5, 0.6) is 11.5 Å². The summed E-state index contributed by atoms with van der Waals surface area (Å²) in [5.41, 5.74) is 4.61. The van der Waals surface area contributed by atoms with Crippen LogP contribution in [0, 0.1) is 11.8 Å². The Labute approximate surface area is 310 Å². The van der Waals surface area contributed by atoms with Crippen LogP contribution in [0.25, 0.3) is 0 Å². The molecule has 0 amide bonds. The van der Waals surface area contributed by atoms with Gasteiger partial charge in [-0.2, -0.15) is 0 Å². The van der Waals surface area contributed by atoms with Gasteiger partial charge in [-0.1, -0.05) is 48.6 Å². The Bertz CT molecular complexity index is 1470. The quantitative estimate of drug-likeness (QED) is 0.210. The second-order valence-corrected chi connectivity index (χ2v) is 12.7. The van der Waals surface area contributed by atoms with Crippen molar-refractivity contribution >= 4 is 26.1 Å². The van der Waals surface area contributed by atoms with E-state index in [1.54, 1.807) is 0 Å². The second kappa shape index (κ2) is 18.2. The Morgan fingerprint density at radius 3 is 1.92 bits per heavy atom. The number of hydrogen-bond acceptors (Lipinski definition) is 8. The maximum absolute atomic E-state index is 12.2. The number of para-hydroxylation sites is 2. The van der Waals surface area contributed by atoms with Crippen molar-refractivity contribution in [1.82, 2.24) is 0 Å². The minimum absolute atomic E-state index is 0. The van der Waals surface area contributed by atoms with Gasteiger partial charge in [-0.05, 0) is 55.6 Å². The van der Waals surface area contributed by atoms with Gasteiger partial charge in [-0.3, -0.25) is 14.4 Å². The zero-order chi connectivity index (χ0) is 32.8. The van der Waals surface area contributed by atoms with Gasteiger partial charge in [0.1, 0.15) is 29.5 Å². The van der Waals surface area contributed by atoms with Gasteiger partial charge >= 0.3 is 41.5 Å². The molecule has 6 rings (SSSR count). The first-order valence-corrected chi connectivity index (χ1v) is 16.4. The topological polar surface area (TPSA) is 108 Å². The van der Waals surface area contributed by atoms with Crippen LogP contribution in [-0.2, 0) is 36.7 Å². The molecule has 48 heavy (non-hydrogen) atoms. The first-order chi connectivity index (χ1) is 22.3. The zero-order valence-corrected chi connectivity index (χ0v) is 30.5. The molecule has 3 radical (unpaired) electrons. The van der Waals surface area contributed by atoms with Gasteiger partial charge in [0.15, 0.2) is 0 Å². The number of rotatable bonds is 12. The van der Waals surface area contributed by atoms with Crippen LogP contribution >= 0.6 is 0 Å². The van der Waals surface area contributed by atoms with Crippen molar-refractivity contribution in [2.45, 2.75) is 94.4 Å². The molecule has 1 N–H and O–H groups in total. The summed E-state index contributed by atoms with van der Waals surface area (Å²) < 4.78 is 21.7. The van der Waals surface area contributed by atoms with Gasteiger partial charge in [0.25, 0.3) is 0 Å². The average Bonchev–Trinajstić information content (AvgIpc) is 3.77. The molecule has 0 bridgehead atoms. The van der Waals surface area contributed by atoms with Crippen molar-refractivity contribution in [3.8, 4) is 11.5 Å². The van der Waals surface area contributed by atoms with Crippen molar-refractivity contribution in [2.24, 2.45) is 11.8 Å². The number of ether oxygens (including phenoxy) is 4. The fourth-order valence-electron chi connectivity index (χ4n) is 7.82. The minimum atomic E-state index is -0.320. The summed E-state index contributed by atoms with van der Waals surface area (Å²) in [5, 5.41) is 10.3. The van der Waals surface area contributed by atoms with Crippen LogP contribution in [0.2, 0.25) is 0 Å². The number of benzene rings is 2. The molecule has 2 saturated carbocycles. The fourth-order valence-corrected chi connectivity index (χ4v) is 7.82. The standard InChI is InChI=1S/C19H24O4.C19H22O4.B.Na.H/c2*1-3-6-13-15(20)11-16-18(13)14-9-4-7-12(19(14)23-16)8-5-10-17(21)22-2;;;/h3-4,7,9,13,15-16,18,20H,1,5-6,8,10-11H2,2H3;3-4,7,9,13,16,18H,1,5-6,8,10-11H2,2H3;;;/q;;;+1;-1/t13-,15+,16-,18-;13-,16-,18-;;;/m00.../s1. The SMILES string of the molecule is C=CC[C@@H]1[C@H]2c3cccc(CCCC(=O)OC)c3O[C@H]2C[C@H]1O.C=CC[C@H]1C(=O)C[C@@H]2Oc3c(CCCC(=O)OC)cccc3[C@@H]21.[B].[H-].[Na+]. The third-order valence-electron chi connectivity index (χ3n) is 9.96. The number of allylic oxidation sites excluding steroid dienone is 2. The van der Waals surface area contributed by atoms with Crippen LogP contribution < -0.4 is 39.0 Å². The van der Waals surface area contributed by atoms with Crippen LogP contribution in [0.4, 0.5) is 0 Å². The van der Waals surface area contributed by atoms with E-state index in [0.717, 1.165) is 60.3 Å². The van der Waals surface area contributed by atoms with E-state index in [1.165, 1.54) is 19.8 Å². The maximum Gasteiger partial charge on any atom is 1.00 e. The van der Waals surface area contributed by atoms with E-state index in [9.17, 15) is 19.5 Å². The third kappa shape index (κ3) is 8.47. The van der Waals surface area contributed by atoms with Crippen LogP contribution in [0.3, 0.4) is 0 Å². The number of aliphatic hydroxyl groups excluding tert-OH is 1. The van der Waals surface area contributed by atoms with E-state index in [0.29, 0.717) is 32.1 Å². The maximum atomic E-state index is 12.2. The minimum Gasteiger partial charge on any atom is -1.00 e. The molecule has 2 aromatic rings. The number of methoxy groups -OCH3 is 2. The normalized spacial score (nSPS) is 25.2. The van der Waals surface area contributed by atoms with Gasteiger partial charge in [-0.15, -0.1) is 13.2 Å². The number of hydrogen-bond donors (Lipinski definition) is 1. The molecule has 4 aliphatic rings. The molecule has 0 saturated heterocycles. The van der Waals surface area contributed by atoms with Gasteiger partial charge in [0, 0.05) is 63.0 Å². The van der Waals surface area contributed by atoms with E-state index >= 15 is 0 Å². The number of aryl methyl sites for hydroxylation is 2. The van der Waals surface area contributed by atoms with Crippen molar-refractivity contribution in [3.05, 3.63) is 84.0 Å². The summed E-state index contributed by atoms with van der Waals surface area (Å²) in [6, 6.07) is 12.4. The van der Waals surface area contributed by atoms with Crippen LogP contribution in [-0.4, -0.2) is 63.8 Å². The molecule has 7 atom stereocenters. The summed E-state index contributed by atoms with van der Waals surface area (Å²) in [6.45, 7) is 7.59. The fraction of sp³-hybridized carbons (Fsp3) is 0.500. The molecule has 8 nitrogen and oxygen atoms in total. The number of carbonyl (C=O) groups is 3. The van der Waals surface area contributed by atoms with E-state index in [2.05, 4.69) is 40.8 Å². The van der Waals surface area contributed by atoms with Crippen LogP contribution in [0.15, 0.2) is 61.7 Å². The first kappa shape index (κ1) is 39.6. The smallest absolute Gasteiger partial charge is 1.00 e. The van der Waals surface area contributed by atoms with Gasteiger partial charge < -0.3 is 25.5 Å². The summed E-state index contributed by atoms with van der Waals surface area (Å²) in [6.07, 6.45) is 9.97. The van der Waals surface area contributed by atoms with Crippen molar-refractivity contribution in [1.29, 1.82) is 0 Å². The van der Waals surface area contributed by atoms with E-state index in [1.807, 2.05) is 30.4 Å². The van der Waals surface area contributed by atoms with E-state index in [4.69, 9.17) is 9.47 Å². The molecule has 0 spiro atoms. The molecule has 2 aliphatic carbocycles. The molecular weight excluding hydrogens is 618 g/mol. The number of fused-ring (bicyclic) bond motifs is 6. The van der Waals surface area contributed by atoms with Crippen molar-refractivity contribution in [2.75, 3.05) is 14.2 Å². The molecular formula is C38H47BNaO8. The molecule has 0 aromatic heterocycles. The van der Waals surface area contributed by atoms with Gasteiger partial charge in [0.2, 0.25) is 0 Å². The average molecular weight is 666 g/mol. The Balaban J connectivity index is 0.000000321. The summed E-state index contributed by atoms with van der Waals surface area (Å²) >= 11 is 0. The number of Topliss-reactive ketones (excluding diaryl/α,β-unsaturated/α-hetero) is 1. The predicted octanol–water partition coefficient (Wildman–Crippen LogP) is 2.91. The monoisotopic (exact) mass is 665 g/mol. The third-order valence-corrected chi connectivity index (χ3v) is 9.96. The first-order valence-electron chi connectivity index (χ1n) is 16.4. The number of ketones is 1. The Morgan fingerprint density at radius 2 is 1.40 bits per heavy atom. The summed E-state index contributed by atoms with van der Waals surface area (Å²) in [4.78, 5) is 34.7. The number of aliphatic hydroxyl groups is 1. The molecule has 2 aliphatic heterocycles. The Hall–Kier alpha value is -2.85. The summed E-state index contributed by atoms with van der Waals surface area (Å²) in [7, 11) is 2.82. The van der Waals surface area contributed by atoms with Crippen molar-refractivity contribution < 1.29 is 69.4 Å². The van der Waals surface area contributed by atoms with Crippen LogP contribution in [0.1, 0.15) is 86.9 Å². The number of carbonyl (C=O) groups excluding carboxylic acids is 3. The Morgan fingerprint density at radius 1 is 0.875 bits per heavy atom. The molecule has 2 aromatic carbocycles. The van der Waals surface area contributed by atoms with Gasteiger partial charge in [0.05, 0.1) is 20.3 Å². The van der Waals surface area contributed by atoms with E-state index in [-0.39, 0.29) is 99.1 Å². The largest absolute Gasteiger partial charge is 1.00 e. The summed E-state index contributed by atoms with van der Waals surface area (Å²) in [5.74, 6) is 2.38. The van der Waals surface area contributed by atoms with Crippen molar-refractivity contribution in [3.63, 3.8) is 0 Å². The number of esters is 2. The molecule has 0 unspecified atom stereocenters. The molecule has 251 valence electrons. The van der Waals surface area contributed by atoms with Gasteiger partial charge in [-0.25, -0.2) is 0 Å². The zero-order valence-electron chi connectivity index (χ0n) is 29.5. The predicted molar refractivity (Wildman–Crippen MR) is 181 cm³/mol. The van der Waals surface area contributed by atoms with E-state index < -0.39 is 0 Å². The molecule has 2 heterocycles. The molecule has 10 heteroatoms. The Kier molecular flexibility index (Phi) is 15.0. The second-order valence-electron chi connectivity index (χ2n) is 12.7. The molecule has 2 fully saturated rings.